The van der Waals surface area contributed by atoms with Gasteiger partial charge >= 0.3 is 0 Å². The fraction of sp³-hybridized carbons (Fsp3) is 0.273. The van der Waals surface area contributed by atoms with E-state index < -0.39 is 0 Å². The van der Waals surface area contributed by atoms with Crippen molar-refractivity contribution in [3.8, 4) is 0 Å². The van der Waals surface area contributed by atoms with Crippen molar-refractivity contribution in [3.05, 3.63) is 35.9 Å². The zero-order valence-corrected chi connectivity index (χ0v) is 9.50. The highest BCUT2D eigenvalue weighted by Gasteiger charge is 2.15. The Hall–Kier alpha value is -2.24. The van der Waals surface area contributed by atoms with Crippen LogP contribution in [0.15, 0.2) is 24.5 Å². The lowest BCUT2D eigenvalue weighted by atomic mass is 10.2. The summed E-state index contributed by atoms with van der Waals surface area (Å²) in [5.41, 5.74) is 6.84. The van der Waals surface area contributed by atoms with Gasteiger partial charge in [0.05, 0.1) is 18.1 Å². The number of rotatable bonds is 4. The van der Waals surface area contributed by atoms with Crippen LogP contribution in [0.3, 0.4) is 0 Å². The van der Waals surface area contributed by atoms with E-state index >= 15 is 0 Å². The van der Waals surface area contributed by atoms with Gasteiger partial charge in [-0.05, 0) is 18.6 Å². The molecule has 0 saturated carbocycles. The summed E-state index contributed by atoms with van der Waals surface area (Å²) >= 11 is 0. The van der Waals surface area contributed by atoms with Crippen LogP contribution >= 0.6 is 0 Å². The number of hydrogen-bond acceptors (Lipinski definition) is 5. The summed E-state index contributed by atoms with van der Waals surface area (Å²) in [6.45, 7) is 2.67. The highest BCUT2D eigenvalue weighted by molar-refractivity contribution is 6.06. The summed E-state index contributed by atoms with van der Waals surface area (Å²) in [4.78, 5) is 16.1. The SMILES string of the molecule is CCCn1nncc1C(=O)c1ccc(N)cn1. The quantitative estimate of drug-likeness (QED) is 0.790. The third kappa shape index (κ3) is 2.30. The van der Waals surface area contributed by atoms with Crippen LogP contribution in [-0.2, 0) is 6.54 Å². The molecule has 6 nitrogen and oxygen atoms in total. The van der Waals surface area contributed by atoms with Gasteiger partial charge in [0.25, 0.3) is 0 Å². The zero-order valence-electron chi connectivity index (χ0n) is 9.50. The second kappa shape index (κ2) is 4.73. The van der Waals surface area contributed by atoms with E-state index in [1.54, 1.807) is 16.8 Å². The number of ketones is 1. The van der Waals surface area contributed by atoms with Gasteiger partial charge in [0.15, 0.2) is 0 Å². The van der Waals surface area contributed by atoms with E-state index in [0.717, 1.165) is 6.42 Å². The first-order valence-electron chi connectivity index (χ1n) is 5.37. The maximum absolute atomic E-state index is 12.1. The van der Waals surface area contributed by atoms with Gasteiger partial charge in [-0.15, -0.1) is 5.10 Å². The van der Waals surface area contributed by atoms with Crippen LogP contribution < -0.4 is 5.73 Å². The number of anilines is 1. The fourth-order valence-corrected chi connectivity index (χ4v) is 1.48. The van der Waals surface area contributed by atoms with Gasteiger partial charge in [-0.1, -0.05) is 12.1 Å². The molecule has 0 aliphatic carbocycles. The number of aromatic nitrogens is 4. The smallest absolute Gasteiger partial charge is 0.230 e. The number of nitrogens with two attached hydrogens (primary N) is 1. The maximum Gasteiger partial charge on any atom is 0.230 e. The number of hydrogen-bond donors (Lipinski definition) is 1. The molecule has 2 aromatic heterocycles. The third-order valence-electron chi connectivity index (χ3n) is 2.30. The Morgan fingerprint density at radius 1 is 1.41 bits per heavy atom. The highest BCUT2D eigenvalue weighted by atomic mass is 16.1. The largest absolute Gasteiger partial charge is 0.397 e. The molecule has 17 heavy (non-hydrogen) atoms. The Bertz CT molecular complexity index is 517. The lowest BCUT2D eigenvalue weighted by Gasteiger charge is -2.03. The lowest BCUT2D eigenvalue weighted by molar-refractivity contribution is 0.102. The molecule has 0 aromatic carbocycles. The third-order valence-corrected chi connectivity index (χ3v) is 2.30. The van der Waals surface area contributed by atoms with Crippen LogP contribution in [0.2, 0.25) is 0 Å². The van der Waals surface area contributed by atoms with Gasteiger partial charge in [-0.3, -0.25) is 9.78 Å². The molecule has 0 aliphatic heterocycles. The Labute approximate surface area is 98.5 Å². The van der Waals surface area contributed by atoms with E-state index in [-0.39, 0.29) is 5.78 Å². The van der Waals surface area contributed by atoms with Crippen LogP contribution in [0.4, 0.5) is 5.69 Å². The molecule has 2 N–H and O–H groups in total. The second-order valence-corrected chi connectivity index (χ2v) is 3.65. The molecule has 2 rings (SSSR count). The van der Waals surface area contributed by atoms with Crippen molar-refractivity contribution in [1.82, 2.24) is 20.0 Å². The lowest BCUT2D eigenvalue weighted by Crippen LogP contribution is -2.12. The standard InChI is InChI=1S/C11H13N5O/c1-2-5-16-10(7-14-15-16)11(17)9-4-3-8(12)6-13-9/h3-4,6-7H,2,5,12H2,1H3. The number of carbonyl (C=O) groups excluding carboxylic acids is 1. The van der Waals surface area contributed by atoms with E-state index in [1.165, 1.54) is 12.4 Å². The van der Waals surface area contributed by atoms with Crippen molar-refractivity contribution < 1.29 is 4.79 Å². The fourth-order valence-electron chi connectivity index (χ4n) is 1.48. The molecule has 0 unspecified atom stereocenters. The van der Waals surface area contributed by atoms with Gasteiger partial charge in [0.2, 0.25) is 5.78 Å². The summed E-state index contributed by atoms with van der Waals surface area (Å²) < 4.78 is 1.58. The molecular weight excluding hydrogens is 218 g/mol. The number of nitrogen functional groups attached to an aromatic ring is 1. The molecule has 0 amide bonds. The molecular formula is C11H13N5O. The van der Waals surface area contributed by atoms with Crippen molar-refractivity contribution in [2.45, 2.75) is 19.9 Å². The molecule has 0 radical (unpaired) electrons. The van der Waals surface area contributed by atoms with Gasteiger partial charge in [0.1, 0.15) is 11.4 Å². The minimum Gasteiger partial charge on any atom is -0.397 e. The normalized spacial score (nSPS) is 10.4. The van der Waals surface area contributed by atoms with E-state index in [0.29, 0.717) is 23.6 Å². The van der Waals surface area contributed by atoms with Crippen molar-refractivity contribution in [1.29, 1.82) is 0 Å². The number of pyridine rings is 1. The summed E-state index contributed by atoms with van der Waals surface area (Å²) in [5.74, 6) is -0.191. The molecule has 6 heteroatoms. The summed E-state index contributed by atoms with van der Waals surface area (Å²) in [7, 11) is 0. The monoisotopic (exact) mass is 231 g/mol. The van der Waals surface area contributed by atoms with Gasteiger partial charge in [-0.2, -0.15) is 0 Å². The van der Waals surface area contributed by atoms with E-state index in [2.05, 4.69) is 15.3 Å². The van der Waals surface area contributed by atoms with Crippen LogP contribution in [0.1, 0.15) is 29.5 Å². The second-order valence-electron chi connectivity index (χ2n) is 3.65. The maximum atomic E-state index is 12.1. The Kier molecular flexibility index (Phi) is 3.13. The van der Waals surface area contributed by atoms with E-state index in [9.17, 15) is 4.79 Å². The zero-order chi connectivity index (χ0) is 12.3. The minimum atomic E-state index is -0.191. The topological polar surface area (TPSA) is 86.7 Å². The Morgan fingerprint density at radius 2 is 2.24 bits per heavy atom. The van der Waals surface area contributed by atoms with Crippen molar-refractivity contribution in [2.24, 2.45) is 0 Å². The summed E-state index contributed by atoms with van der Waals surface area (Å²) in [5, 5.41) is 7.61. The molecule has 0 atom stereocenters. The molecule has 2 aromatic rings. The first-order valence-corrected chi connectivity index (χ1v) is 5.37. The average molecular weight is 231 g/mol. The summed E-state index contributed by atoms with van der Waals surface area (Å²) in [6, 6.07) is 3.25. The first kappa shape index (κ1) is 11.3. The van der Waals surface area contributed by atoms with E-state index in [1.807, 2.05) is 6.92 Å². The van der Waals surface area contributed by atoms with Crippen molar-refractivity contribution >= 4 is 11.5 Å². The number of aryl methyl sites for hydroxylation is 1. The predicted octanol–water partition coefficient (Wildman–Crippen LogP) is 0.896. The molecule has 0 aliphatic rings. The average Bonchev–Trinajstić information content (AvgIpc) is 2.78. The van der Waals surface area contributed by atoms with Gasteiger partial charge < -0.3 is 5.73 Å². The molecule has 2 heterocycles. The van der Waals surface area contributed by atoms with Crippen LogP contribution in [0.25, 0.3) is 0 Å². The molecule has 0 spiro atoms. The van der Waals surface area contributed by atoms with Crippen LogP contribution in [-0.4, -0.2) is 25.8 Å². The van der Waals surface area contributed by atoms with E-state index in [4.69, 9.17) is 5.73 Å². The molecule has 88 valence electrons. The first-order chi connectivity index (χ1) is 8.22. The summed E-state index contributed by atoms with van der Waals surface area (Å²) in [6.07, 6.45) is 3.80. The van der Waals surface area contributed by atoms with Crippen molar-refractivity contribution in [2.75, 3.05) is 5.73 Å². The highest BCUT2D eigenvalue weighted by Crippen LogP contribution is 2.08. The van der Waals surface area contributed by atoms with Gasteiger partial charge in [0, 0.05) is 6.54 Å². The molecule has 0 saturated heterocycles. The number of nitrogens with zero attached hydrogens (tertiary/aromatic N) is 4. The Balaban J connectivity index is 2.30. The number of carbonyl (C=O) groups is 1. The molecule has 0 fully saturated rings. The van der Waals surface area contributed by atoms with Crippen molar-refractivity contribution in [3.63, 3.8) is 0 Å². The van der Waals surface area contributed by atoms with Crippen LogP contribution in [0.5, 0.6) is 0 Å². The van der Waals surface area contributed by atoms with Gasteiger partial charge in [-0.25, -0.2) is 4.68 Å². The van der Waals surface area contributed by atoms with Crippen LogP contribution in [0, 0.1) is 0 Å². The predicted molar refractivity (Wildman–Crippen MR) is 62.4 cm³/mol. The Morgan fingerprint density at radius 3 is 2.88 bits per heavy atom. The minimum absolute atomic E-state index is 0.191. The molecule has 0 bridgehead atoms.